The Bertz CT molecular complexity index is 1410. The van der Waals surface area contributed by atoms with E-state index in [9.17, 15) is 14.0 Å². The van der Waals surface area contributed by atoms with Gasteiger partial charge in [0.1, 0.15) is 18.5 Å². The van der Waals surface area contributed by atoms with Crippen LogP contribution >= 0.6 is 0 Å². The predicted molar refractivity (Wildman–Crippen MR) is 123 cm³/mol. The van der Waals surface area contributed by atoms with Gasteiger partial charge in [0.2, 0.25) is 0 Å². The van der Waals surface area contributed by atoms with E-state index in [0.29, 0.717) is 25.1 Å². The van der Waals surface area contributed by atoms with Crippen molar-refractivity contribution >= 4 is 33.6 Å². The molecule has 0 spiro atoms. The molecule has 0 bridgehead atoms. The van der Waals surface area contributed by atoms with E-state index in [4.69, 9.17) is 4.74 Å². The number of rotatable bonds is 4. The standard InChI is InChI=1S/C27H23FN2O3/c28-18-8-11-24-22(14-18)23-15-29(13-12-25(23)30(24)16-26(31)33-19-9-10-19)27(32)21-7-3-5-17-4-1-2-6-20(17)21/h1-8,11,14,19H,9-10,12-13,15-16H2. The summed E-state index contributed by atoms with van der Waals surface area (Å²) in [5, 5.41) is 2.70. The first kappa shape index (κ1) is 20.0. The molecular weight excluding hydrogens is 419 g/mol. The van der Waals surface area contributed by atoms with Crippen molar-refractivity contribution in [3.63, 3.8) is 0 Å². The van der Waals surface area contributed by atoms with Crippen LogP contribution in [0.25, 0.3) is 21.7 Å². The Morgan fingerprint density at radius 1 is 1.00 bits per heavy atom. The zero-order chi connectivity index (χ0) is 22.5. The maximum absolute atomic E-state index is 14.2. The summed E-state index contributed by atoms with van der Waals surface area (Å²) < 4.78 is 21.6. The first-order chi connectivity index (χ1) is 16.1. The van der Waals surface area contributed by atoms with Crippen molar-refractivity contribution in [2.75, 3.05) is 6.54 Å². The highest BCUT2D eigenvalue weighted by Crippen LogP contribution is 2.33. The molecule has 1 aliphatic carbocycles. The minimum atomic E-state index is -0.333. The van der Waals surface area contributed by atoms with Crippen molar-refractivity contribution in [3.8, 4) is 0 Å². The van der Waals surface area contributed by atoms with Crippen LogP contribution in [0.5, 0.6) is 0 Å². The first-order valence-electron chi connectivity index (χ1n) is 11.3. The average Bonchev–Trinajstić information content (AvgIpc) is 3.60. The molecular formula is C27H23FN2O3. The number of esters is 1. The first-order valence-corrected chi connectivity index (χ1v) is 11.3. The number of nitrogens with zero attached hydrogens (tertiary/aromatic N) is 2. The number of carbonyl (C=O) groups excluding carboxylic acids is 2. The lowest BCUT2D eigenvalue weighted by atomic mass is 10.0. The van der Waals surface area contributed by atoms with Gasteiger partial charge in [-0.25, -0.2) is 4.39 Å². The Hall–Kier alpha value is -3.67. The number of hydrogen-bond donors (Lipinski definition) is 0. The van der Waals surface area contributed by atoms with Gasteiger partial charge in [0, 0.05) is 47.2 Å². The summed E-state index contributed by atoms with van der Waals surface area (Å²) in [5.74, 6) is -0.640. The molecule has 6 rings (SSSR count). The molecule has 1 fully saturated rings. The number of ether oxygens (including phenoxy) is 1. The summed E-state index contributed by atoms with van der Waals surface area (Å²) in [6, 6.07) is 18.2. The molecule has 0 radical (unpaired) electrons. The molecule has 0 saturated heterocycles. The molecule has 0 unspecified atom stereocenters. The number of carbonyl (C=O) groups is 2. The van der Waals surface area contributed by atoms with Crippen LogP contribution < -0.4 is 0 Å². The number of hydrogen-bond acceptors (Lipinski definition) is 3. The SMILES string of the molecule is O=C(Cn1c2c(c3cc(F)ccc31)CN(C(=O)c1cccc3ccccc13)CC2)OC1CC1. The van der Waals surface area contributed by atoms with Crippen molar-refractivity contribution in [3.05, 3.63) is 83.3 Å². The molecule has 2 heterocycles. The van der Waals surface area contributed by atoms with Gasteiger partial charge < -0.3 is 14.2 Å². The van der Waals surface area contributed by atoms with Gasteiger partial charge in [0.15, 0.2) is 0 Å². The summed E-state index contributed by atoms with van der Waals surface area (Å²) in [6.45, 7) is 1.01. The predicted octanol–water partition coefficient (Wildman–Crippen LogP) is 4.84. The minimum Gasteiger partial charge on any atom is -0.461 e. The van der Waals surface area contributed by atoms with Crippen LogP contribution in [0.2, 0.25) is 0 Å². The summed E-state index contributed by atoms with van der Waals surface area (Å²) in [7, 11) is 0. The zero-order valence-corrected chi connectivity index (χ0v) is 18.1. The Balaban J connectivity index is 1.37. The van der Waals surface area contributed by atoms with Gasteiger partial charge in [-0.2, -0.15) is 0 Å². The Morgan fingerprint density at radius 3 is 2.67 bits per heavy atom. The molecule has 2 aliphatic rings. The van der Waals surface area contributed by atoms with Crippen LogP contribution in [0.15, 0.2) is 60.7 Å². The fourth-order valence-electron chi connectivity index (χ4n) is 4.90. The maximum atomic E-state index is 14.2. The Morgan fingerprint density at radius 2 is 1.82 bits per heavy atom. The molecule has 1 saturated carbocycles. The fraction of sp³-hybridized carbons (Fsp3) is 0.259. The lowest BCUT2D eigenvalue weighted by molar-refractivity contribution is -0.145. The van der Waals surface area contributed by atoms with Gasteiger partial charge >= 0.3 is 5.97 Å². The van der Waals surface area contributed by atoms with E-state index in [1.807, 2.05) is 51.9 Å². The lowest BCUT2D eigenvalue weighted by Crippen LogP contribution is -2.36. The molecule has 0 atom stereocenters. The van der Waals surface area contributed by atoms with E-state index in [-0.39, 0.29) is 30.3 Å². The second-order valence-electron chi connectivity index (χ2n) is 8.87. The highest BCUT2D eigenvalue weighted by molar-refractivity contribution is 6.07. The third-order valence-electron chi connectivity index (χ3n) is 6.63. The van der Waals surface area contributed by atoms with Gasteiger partial charge in [-0.1, -0.05) is 36.4 Å². The largest absolute Gasteiger partial charge is 0.461 e. The Kier molecular flexibility index (Phi) is 4.68. The van der Waals surface area contributed by atoms with Crippen LogP contribution in [0.3, 0.4) is 0 Å². The number of fused-ring (bicyclic) bond motifs is 4. The normalized spacial score (nSPS) is 15.6. The second kappa shape index (κ2) is 7.73. The molecule has 166 valence electrons. The molecule has 5 nitrogen and oxygen atoms in total. The van der Waals surface area contributed by atoms with Crippen LogP contribution in [0.4, 0.5) is 4.39 Å². The molecule has 1 aliphatic heterocycles. The van der Waals surface area contributed by atoms with Gasteiger partial charge in [-0.15, -0.1) is 0 Å². The van der Waals surface area contributed by atoms with Crippen LogP contribution in [-0.2, 0) is 29.0 Å². The van der Waals surface area contributed by atoms with E-state index in [0.717, 1.165) is 45.8 Å². The maximum Gasteiger partial charge on any atom is 0.326 e. The second-order valence-corrected chi connectivity index (χ2v) is 8.87. The molecule has 1 aromatic heterocycles. The number of benzene rings is 3. The van der Waals surface area contributed by atoms with Crippen molar-refractivity contribution in [2.24, 2.45) is 0 Å². The highest BCUT2D eigenvalue weighted by atomic mass is 19.1. The quantitative estimate of drug-likeness (QED) is 0.425. The summed E-state index contributed by atoms with van der Waals surface area (Å²) >= 11 is 0. The number of amides is 1. The van der Waals surface area contributed by atoms with Crippen LogP contribution in [0.1, 0.15) is 34.5 Å². The van der Waals surface area contributed by atoms with Gasteiger partial charge in [-0.05, 0) is 47.9 Å². The van der Waals surface area contributed by atoms with Gasteiger partial charge in [-0.3, -0.25) is 9.59 Å². The van der Waals surface area contributed by atoms with Gasteiger partial charge in [0.25, 0.3) is 5.91 Å². The molecule has 33 heavy (non-hydrogen) atoms. The zero-order valence-electron chi connectivity index (χ0n) is 18.1. The third-order valence-corrected chi connectivity index (χ3v) is 6.63. The summed E-state index contributed by atoms with van der Waals surface area (Å²) in [4.78, 5) is 27.8. The highest BCUT2D eigenvalue weighted by Gasteiger charge is 2.30. The van der Waals surface area contributed by atoms with E-state index >= 15 is 0 Å². The molecule has 3 aromatic carbocycles. The van der Waals surface area contributed by atoms with E-state index in [2.05, 4.69) is 0 Å². The minimum absolute atomic E-state index is 0.0390. The molecule has 0 N–H and O–H groups in total. The average molecular weight is 442 g/mol. The van der Waals surface area contributed by atoms with Gasteiger partial charge in [0.05, 0.1) is 0 Å². The third kappa shape index (κ3) is 3.55. The lowest BCUT2D eigenvalue weighted by Gasteiger charge is -2.29. The fourth-order valence-corrected chi connectivity index (χ4v) is 4.90. The monoisotopic (exact) mass is 442 g/mol. The van der Waals surface area contributed by atoms with E-state index < -0.39 is 0 Å². The number of halogens is 1. The van der Waals surface area contributed by atoms with Crippen molar-refractivity contribution < 1.29 is 18.7 Å². The molecule has 1 amide bonds. The van der Waals surface area contributed by atoms with Crippen molar-refractivity contribution in [2.45, 2.75) is 38.5 Å². The van der Waals surface area contributed by atoms with Crippen LogP contribution in [-0.4, -0.2) is 34.0 Å². The van der Waals surface area contributed by atoms with Crippen molar-refractivity contribution in [1.82, 2.24) is 9.47 Å². The molecule has 6 heteroatoms. The molecule has 4 aromatic rings. The van der Waals surface area contributed by atoms with E-state index in [1.54, 1.807) is 6.07 Å². The summed E-state index contributed by atoms with van der Waals surface area (Å²) in [5.41, 5.74) is 3.35. The number of aromatic nitrogens is 1. The Labute approximate surface area is 190 Å². The topological polar surface area (TPSA) is 51.5 Å². The summed E-state index contributed by atoms with van der Waals surface area (Å²) in [6.07, 6.45) is 2.49. The smallest absolute Gasteiger partial charge is 0.326 e. The van der Waals surface area contributed by atoms with Crippen molar-refractivity contribution in [1.29, 1.82) is 0 Å². The van der Waals surface area contributed by atoms with E-state index in [1.165, 1.54) is 12.1 Å². The van der Waals surface area contributed by atoms with Crippen LogP contribution in [0, 0.1) is 5.82 Å².